The largest absolute Gasteiger partial charge is 0.378 e. The normalized spacial score (nSPS) is 10.8. The molecule has 0 aliphatic carbocycles. The van der Waals surface area contributed by atoms with Crippen molar-refractivity contribution in [2.75, 3.05) is 79.2 Å². The van der Waals surface area contributed by atoms with Gasteiger partial charge >= 0.3 is 0 Å². The third-order valence-corrected chi connectivity index (χ3v) is 3.60. The number of nitrogens with two attached hydrogens (primary N) is 1. The molecule has 30 heavy (non-hydrogen) atoms. The third kappa shape index (κ3) is 13.1. The molecule has 0 spiro atoms. The van der Waals surface area contributed by atoms with Crippen LogP contribution in [-0.2, 0) is 23.7 Å². The van der Waals surface area contributed by atoms with Gasteiger partial charge in [-0.1, -0.05) is 6.07 Å². The van der Waals surface area contributed by atoms with Crippen LogP contribution in [0.4, 0.5) is 5.69 Å². The number of nitro benzene ring substituents is 1. The lowest BCUT2D eigenvalue weighted by atomic mass is 10.2. The van der Waals surface area contributed by atoms with Crippen LogP contribution >= 0.6 is 0 Å². The maximum Gasteiger partial charge on any atom is 0.270 e. The predicted molar refractivity (Wildman–Crippen MR) is 109 cm³/mol. The van der Waals surface area contributed by atoms with Gasteiger partial charge in [0.2, 0.25) is 0 Å². The summed E-state index contributed by atoms with van der Waals surface area (Å²) in [4.78, 5) is 22.1. The van der Waals surface area contributed by atoms with E-state index in [1.54, 1.807) is 0 Å². The maximum absolute atomic E-state index is 11.9. The average molecular weight is 429 g/mol. The topological polar surface area (TPSA) is 144 Å². The quantitative estimate of drug-likeness (QED) is 0.181. The Morgan fingerprint density at radius 1 is 0.867 bits per heavy atom. The zero-order chi connectivity index (χ0) is 21.9. The molecule has 11 nitrogen and oxygen atoms in total. The average Bonchev–Trinajstić information content (AvgIpc) is 2.75. The molecule has 0 fully saturated rings. The summed E-state index contributed by atoms with van der Waals surface area (Å²) in [6, 6.07) is 5.55. The van der Waals surface area contributed by atoms with Crippen LogP contribution in [0.3, 0.4) is 0 Å². The highest BCUT2D eigenvalue weighted by atomic mass is 16.6. The number of rotatable bonds is 19. The zero-order valence-electron chi connectivity index (χ0n) is 17.1. The molecule has 0 heterocycles. The number of hydrogen-bond donors (Lipinski definition) is 2. The highest BCUT2D eigenvalue weighted by Crippen LogP contribution is 2.12. The van der Waals surface area contributed by atoms with Crippen molar-refractivity contribution in [3.8, 4) is 0 Å². The van der Waals surface area contributed by atoms with E-state index in [-0.39, 0.29) is 17.2 Å². The van der Waals surface area contributed by atoms with Gasteiger partial charge in [-0.3, -0.25) is 14.9 Å². The van der Waals surface area contributed by atoms with E-state index in [0.717, 1.165) is 0 Å². The van der Waals surface area contributed by atoms with Crippen molar-refractivity contribution in [2.45, 2.75) is 0 Å². The van der Waals surface area contributed by atoms with E-state index in [2.05, 4.69) is 5.32 Å². The Morgan fingerprint density at radius 3 is 1.87 bits per heavy atom. The number of nitrogens with one attached hydrogen (secondary N) is 1. The molecular formula is C19H31N3O8. The number of ether oxygens (including phenoxy) is 5. The molecule has 0 bridgehead atoms. The highest BCUT2D eigenvalue weighted by molar-refractivity contribution is 5.94. The minimum absolute atomic E-state index is 0.125. The van der Waals surface area contributed by atoms with Crippen LogP contribution in [-0.4, -0.2) is 90.0 Å². The van der Waals surface area contributed by atoms with Crippen LogP contribution in [0.1, 0.15) is 10.4 Å². The summed E-state index contributed by atoms with van der Waals surface area (Å²) < 4.78 is 26.6. The first-order chi connectivity index (χ1) is 14.6. The lowest BCUT2D eigenvalue weighted by Gasteiger charge is -2.08. The number of nitrogens with zero attached hydrogens (tertiary/aromatic N) is 1. The number of nitro groups is 1. The van der Waals surface area contributed by atoms with Crippen molar-refractivity contribution in [1.82, 2.24) is 5.32 Å². The van der Waals surface area contributed by atoms with E-state index in [9.17, 15) is 14.9 Å². The molecule has 0 aliphatic heterocycles. The molecule has 0 aliphatic rings. The minimum atomic E-state index is -0.541. The lowest BCUT2D eigenvalue weighted by Crippen LogP contribution is -2.27. The fourth-order valence-electron chi connectivity index (χ4n) is 2.16. The molecule has 0 aromatic heterocycles. The summed E-state index contributed by atoms with van der Waals surface area (Å²) in [5.74, 6) is -0.386. The number of hydrogen-bond acceptors (Lipinski definition) is 9. The summed E-state index contributed by atoms with van der Waals surface area (Å²) in [6.07, 6.45) is 0. The summed E-state index contributed by atoms with van der Waals surface area (Å²) >= 11 is 0. The number of non-ortho nitro benzene ring substituents is 1. The van der Waals surface area contributed by atoms with Gasteiger partial charge in [0.25, 0.3) is 11.6 Å². The van der Waals surface area contributed by atoms with E-state index in [4.69, 9.17) is 29.4 Å². The first-order valence-corrected chi connectivity index (χ1v) is 9.76. The second kappa shape index (κ2) is 17.7. The molecule has 0 radical (unpaired) electrons. The van der Waals surface area contributed by atoms with Crippen LogP contribution < -0.4 is 11.1 Å². The minimum Gasteiger partial charge on any atom is -0.378 e. The van der Waals surface area contributed by atoms with Crippen molar-refractivity contribution in [3.63, 3.8) is 0 Å². The van der Waals surface area contributed by atoms with Crippen LogP contribution in [0.15, 0.2) is 24.3 Å². The Balaban J connectivity index is 1.87. The molecule has 170 valence electrons. The van der Waals surface area contributed by atoms with Gasteiger partial charge in [-0.15, -0.1) is 0 Å². The molecule has 3 N–H and O–H groups in total. The van der Waals surface area contributed by atoms with Gasteiger partial charge in [-0.2, -0.15) is 0 Å². The van der Waals surface area contributed by atoms with E-state index in [1.165, 1.54) is 24.3 Å². The monoisotopic (exact) mass is 429 g/mol. The molecule has 1 aromatic rings. The summed E-state index contributed by atoms with van der Waals surface area (Å²) in [7, 11) is 0. The van der Waals surface area contributed by atoms with Crippen LogP contribution in [0.25, 0.3) is 0 Å². The predicted octanol–water partition coefficient (Wildman–Crippen LogP) is 0.366. The first-order valence-electron chi connectivity index (χ1n) is 9.76. The molecule has 1 rings (SSSR count). The number of amides is 1. The SMILES string of the molecule is NCCOCCOCCOCCOCCOCCNC(=O)c1cccc([N+](=O)[O-])c1. The van der Waals surface area contributed by atoms with Crippen LogP contribution in [0.5, 0.6) is 0 Å². The molecule has 0 saturated heterocycles. The fraction of sp³-hybridized carbons (Fsp3) is 0.632. The van der Waals surface area contributed by atoms with Crippen molar-refractivity contribution in [3.05, 3.63) is 39.9 Å². The Bertz CT molecular complexity index is 603. The summed E-state index contributed by atoms with van der Waals surface area (Å²) in [6.45, 7) is 5.40. The molecule has 0 unspecified atom stereocenters. The number of carbonyl (C=O) groups is 1. The maximum atomic E-state index is 11.9. The van der Waals surface area contributed by atoms with E-state index >= 15 is 0 Å². The van der Waals surface area contributed by atoms with E-state index < -0.39 is 4.92 Å². The summed E-state index contributed by atoms with van der Waals surface area (Å²) in [5.41, 5.74) is 5.40. The van der Waals surface area contributed by atoms with Gasteiger partial charge in [0.1, 0.15) is 0 Å². The van der Waals surface area contributed by atoms with Crippen molar-refractivity contribution < 1.29 is 33.4 Å². The van der Waals surface area contributed by atoms with Crippen molar-refractivity contribution >= 4 is 11.6 Å². The fourth-order valence-corrected chi connectivity index (χ4v) is 2.16. The second-order valence-corrected chi connectivity index (χ2v) is 5.91. The first kappa shape index (κ1) is 25.9. The Morgan fingerprint density at radius 2 is 1.37 bits per heavy atom. The Hall–Kier alpha value is -2.15. The van der Waals surface area contributed by atoms with Gasteiger partial charge in [0.15, 0.2) is 0 Å². The number of benzene rings is 1. The highest BCUT2D eigenvalue weighted by Gasteiger charge is 2.10. The van der Waals surface area contributed by atoms with Gasteiger partial charge < -0.3 is 34.7 Å². The molecule has 0 atom stereocenters. The molecular weight excluding hydrogens is 398 g/mol. The van der Waals surface area contributed by atoms with Crippen molar-refractivity contribution in [1.29, 1.82) is 0 Å². The smallest absolute Gasteiger partial charge is 0.270 e. The molecule has 1 amide bonds. The Labute approximate surface area is 175 Å². The molecule has 1 aromatic carbocycles. The van der Waals surface area contributed by atoms with E-state index in [0.29, 0.717) is 79.2 Å². The van der Waals surface area contributed by atoms with Crippen LogP contribution in [0.2, 0.25) is 0 Å². The van der Waals surface area contributed by atoms with E-state index in [1.807, 2.05) is 0 Å². The molecule has 11 heteroatoms. The summed E-state index contributed by atoms with van der Waals surface area (Å²) in [5, 5.41) is 13.4. The Kier molecular flexibility index (Phi) is 15.3. The third-order valence-electron chi connectivity index (χ3n) is 3.60. The van der Waals surface area contributed by atoms with Gasteiger partial charge in [0, 0.05) is 30.8 Å². The van der Waals surface area contributed by atoms with Gasteiger partial charge in [-0.05, 0) is 6.07 Å². The van der Waals surface area contributed by atoms with Gasteiger partial charge in [-0.25, -0.2) is 0 Å². The number of carbonyl (C=O) groups excluding carboxylic acids is 1. The van der Waals surface area contributed by atoms with Gasteiger partial charge in [0.05, 0.1) is 71.0 Å². The lowest BCUT2D eigenvalue weighted by molar-refractivity contribution is -0.384. The molecule has 0 saturated carbocycles. The van der Waals surface area contributed by atoms with Crippen LogP contribution in [0, 0.1) is 10.1 Å². The van der Waals surface area contributed by atoms with Crippen molar-refractivity contribution in [2.24, 2.45) is 5.73 Å². The second-order valence-electron chi connectivity index (χ2n) is 5.91. The standard InChI is InChI=1S/C19H31N3O8/c20-4-6-26-8-10-28-12-14-30-15-13-29-11-9-27-7-5-21-19(23)17-2-1-3-18(16-17)22(24)25/h1-3,16H,4-15,20H2,(H,21,23). The zero-order valence-corrected chi connectivity index (χ0v) is 17.1.